The minimum Gasteiger partial charge on any atom is -0.206 e. The molecular weight excluding hydrogens is 255 g/mol. The quantitative estimate of drug-likeness (QED) is 0.711. The van der Waals surface area contributed by atoms with Gasteiger partial charge in [-0.15, -0.1) is 0 Å². The fourth-order valence-corrected chi connectivity index (χ4v) is 3.46. The van der Waals surface area contributed by atoms with Crippen molar-refractivity contribution < 1.29 is 4.39 Å². The first-order chi connectivity index (χ1) is 9.24. The normalized spacial score (nSPS) is 14.3. The van der Waals surface area contributed by atoms with Gasteiger partial charge in [0.1, 0.15) is 5.82 Å². The van der Waals surface area contributed by atoms with Crippen LogP contribution in [0.3, 0.4) is 0 Å². The van der Waals surface area contributed by atoms with Crippen LogP contribution in [0, 0.1) is 5.82 Å². The summed E-state index contributed by atoms with van der Waals surface area (Å²) in [5.74, 6) is -0.124. The van der Waals surface area contributed by atoms with Crippen molar-refractivity contribution in [3.05, 3.63) is 66.0 Å². The van der Waals surface area contributed by atoms with Crippen LogP contribution in [0.15, 0.2) is 58.8 Å². The smallest absolute Gasteiger partial charge is 0.132 e. The molecule has 1 aliphatic rings. The summed E-state index contributed by atoms with van der Waals surface area (Å²) < 4.78 is 14.2. The zero-order chi connectivity index (χ0) is 13.2. The second-order valence-corrected chi connectivity index (χ2v) is 5.96. The summed E-state index contributed by atoms with van der Waals surface area (Å²) in [4.78, 5) is 2.11. The van der Waals surface area contributed by atoms with E-state index in [-0.39, 0.29) is 5.82 Å². The van der Waals surface area contributed by atoms with Crippen molar-refractivity contribution in [2.24, 2.45) is 0 Å². The van der Waals surface area contributed by atoms with Crippen LogP contribution in [0.1, 0.15) is 24.0 Å². The van der Waals surface area contributed by atoms with E-state index in [1.165, 1.54) is 0 Å². The van der Waals surface area contributed by atoms with Crippen molar-refractivity contribution in [1.82, 2.24) is 0 Å². The lowest BCUT2D eigenvalue weighted by molar-refractivity contribution is 0.611. The second-order valence-electron chi connectivity index (χ2n) is 4.81. The average molecular weight is 270 g/mol. The Hall–Kier alpha value is -1.54. The largest absolute Gasteiger partial charge is 0.206 e. The van der Waals surface area contributed by atoms with Crippen LogP contribution in [0.4, 0.5) is 4.39 Å². The molecule has 0 nitrogen and oxygen atoms in total. The van der Waals surface area contributed by atoms with Crippen molar-refractivity contribution in [3.8, 4) is 0 Å². The molecule has 0 N–H and O–H groups in total. The van der Waals surface area contributed by atoms with Crippen molar-refractivity contribution in [2.45, 2.75) is 29.1 Å². The van der Waals surface area contributed by atoms with Crippen molar-refractivity contribution in [1.29, 1.82) is 0 Å². The number of benzene rings is 2. The molecule has 1 aliphatic carbocycles. The van der Waals surface area contributed by atoms with E-state index in [0.717, 1.165) is 45.8 Å². The zero-order valence-corrected chi connectivity index (χ0v) is 11.5. The number of fused-ring (bicyclic) bond motifs is 1. The summed E-state index contributed by atoms with van der Waals surface area (Å²) in [5.41, 5.74) is 2.80. The van der Waals surface area contributed by atoms with Gasteiger partial charge in [0.15, 0.2) is 0 Å². The van der Waals surface area contributed by atoms with E-state index >= 15 is 0 Å². The molecule has 2 aromatic rings. The molecule has 0 amide bonds. The zero-order valence-electron chi connectivity index (χ0n) is 10.7. The minimum absolute atomic E-state index is 0.124. The Morgan fingerprint density at radius 1 is 1.00 bits per heavy atom. The number of hydrogen-bond acceptors (Lipinski definition) is 1. The van der Waals surface area contributed by atoms with Crippen LogP contribution < -0.4 is 0 Å². The van der Waals surface area contributed by atoms with Crippen LogP contribution >= 0.6 is 11.8 Å². The summed E-state index contributed by atoms with van der Waals surface area (Å²) in [7, 11) is 0. The van der Waals surface area contributed by atoms with Gasteiger partial charge in [0.2, 0.25) is 0 Å². The molecule has 2 heteroatoms. The molecule has 0 heterocycles. The Bertz CT molecular complexity index is 617. The van der Waals surface area contributed by atoms with Crippen LogP contribution in [0.2, 0.25) is 0 Å². The molecule has 0 aliphatic heterocycles. The van der Waals surface area contributed by atoms with E-state index in [0.29, 0.717) is 0 Å². The van der Waals surface area contributed by atoms with Crippen molar-refractivity contribution >= 4 is 17.3 Å². The van der Waals surface area contributed by atoms with Crippen LogP contribution in [-0.4, -0.2) is 0 Å². The summed E-state index contributed by atoms with van der Waals surface area (Å²) in [6, 6.07) is 13.8. The highest BCUT2D eigenvalue weighted by molar-refractivity contribution is 7.99. The fourth-order valence-electron chi connectivity index (χ4n) is 2.53. The minimum atomic E-state index is -0.124. The average Bonchev–Trinajstić information content (AvgIpc) is 2.39. The molecule has 0 aromatic heterocycles. The first-order valence-electron chi connectivity index (χ1n) is 6.47. The van der Waals surface area contributed by atoms with Crippen LogP contribution in [-0.2, 0) is 6.42 Å². The summed E-state index contributed by atoms with van der Waals surface area (Å²) in [5, 5.41) is 0. The van der Waals surface area contributed by atoms with Gasteiger partial charge in [0.05, 0.1) is 0 Å². The Kier molecular flexibility index (Phi) is 3.43. The summed E-state index contributed by atoms with van der Waals surface area (Å²) >= 11 is 1.61. The van der Waals surface area contributed by atoms with E-state index < -0.39 is 0 Å². The maximum absolute atomic E-state index is 14.2. The predicted molar refractivity (Wildman–Crippen MR) is 78.9 cm³/mol. The SMILES string of the molecule is C=C1CCCc2cc(Sc3ccccc3)cc(F)c21. The van der Waals surface area contributed by atoms with Gasteiger partial charge in [-0.25, -0.2) is 4.39 Å². The molecule has 3 rings (SSSR count). The standard InChI is InChI=1S/C17H15FS/c1-12-6-5-7-13-10-15(11-16(18)17(12)13)19-14-8-3-2-4-9-14/h2-4,8-11H,1,5-7H2. The topological polar surface area (TPSA) is 0 Å². The van der Waals surface area contributed by atoms with E-state index in [1.807, 2.05) is 30.3 Å². The molecule has 2 aromatic carbocycles. The molecule has 0 spiro atoms. The predicted octanol–water partition coefficient (Wildman–Crippen LogP) is 5.33. The lowest BCUT2D eigenvalue weighted by Gasteiger charge is -2.19. The van der Waals surface area contributed by atoms with E-state index in [4.69, 9.17) is 0 Å². The first-order valence-corrected chi connectivity index (χ1v) is 7.29. The Labute approximate surface area is 117 Å². The molecule has 0 saturated heterocycles. The van der Waals surface area contributed by atoms with Gasteiger partial charge in [-0.2, -0.15) is 0 Å². The summed E-state index contributed by atoms with van der Waals surface area (Å²) in [6.07, 6.45) is 2.94. The van der Waals surface area contributed by atoms with Gasteiger partial charge < -0.3 is 0 Å². The highest BCUT2D eigenvalue weighted by Crippen LogP contribution is 2.36. The van der Waals surface area contributed by atoms with Crippen LogP contribution in [0.5, 0.6) is 0 Å². The maximum atomic E-state index is 14.2. The maximum Gasteiger partial charge on any atom is 0.132 e. The number of aryl methyl sites for hydroxylation is 1. The lowest BCUT2D eigenvalue weighted by Crippen LogP contribution is -2.04. The Morgan fingerprint density at radius 3 is 2.58 bits per heavy atom. The summed E-state index contributed by atoms with van der Waals surface area (Å²) in [6.45, 7) is 3.98. The third kappa shape index (κ3) is 2.59. The van der Waals surface area contributed by atoms with Gasteiger partial charge in [0, 0.05) is 15.4 Å². The van der Waals surface area contributed by atoms with E-state index in [1.54, 1.807) is 17.8 Å². The van der Waals surface area contributed by atoms with E-state index in [2.05, 4.69) is 12.6 Å². The van der Waals surface area contributed by atoms with Crippen LogP contribution in [0.25, 0.3) is 5.57 Å². The van der Waals surface area contributed by atoms with Crippen molar-refractivity contribution in [3.63, 3.8) is 0 Å². The highest BCUT2D eigenvalue weighted by Gasteiger charge is 2.18. The van der Waals surface area contributed by atoms with Gasteiger partial charge in [-0.3, -0.25) is 0 Å². The molecule has 19 heavy (non-hydrogen) atoms. The fraction of sp³-hybridized carbons (Fsp3) is 0.176. The van der Waals surface area contributed by atoms with Gasteiger partial charge in [0.25, 0.3) is 0 Å². The third-order valence-electron chi connectivity index (χ3n) is 3.40. The number of allylic oxidation sites excluding steroid dienone is 1. The Morgan fingerprint density at radius 2 is 1.79 bits per heavy atom. The molecule has 96 valence electrons. The van der Waals surface area contributed by atoms with Gasteiger partial charge in [-0.1, -0.05) is 36.5 Å². The van der Waals surface area contributed by atoms with E-state index in [9.17, 15) is 4.39 Å². The van der Waals surface area contributed by atoms with Gasteiger partial charge in [-0.05, 0) is 54.7 Å². The molecule has 0 saturated carbocycles. The molecule has 0 bridgehead atoms. The molecule has 0 radical (unpaired) electrons. The molecular formula is C17H15FS. The second kappa shape index (κ2) is 5.22. The number of hydrogen-bond donors (Lipinski definition) is 0. The van der Waals surface area contributed by atoms with Gasteiger partial charge >= 0.3 is 0 Å². The number of halogens is 1. The lowest BCUT2D eigenvalue weighted by atomic mass is 9.88. The molecule has 0 fully saturated rings. The first kappa shape index (κ1) is 12.5. The monoisotopic (exact) mass is 270 g/mol. The third-order valence-corrected chi connectivity index (χ3v) is 4.38. The number of rotatable bonds is 2. The molecule has 0 unspecified atom stereocenters. The molecule has 0 atom stereocenters. The Balaban J connectivity index is 1.96. The highest BCUT2D eigenvalue weighted by atomic mass is 32.2. The van der Waals surface area contributed by atoms with Crippen molar-refractivity contribution in [2.75, 3.05) is 0 Å².